The second-order valence-electron chi connectivity index (χ2n) is 4.94. The van der Waals surface area contributed by atoms with Crippen LogP contribution < -0.4 is 5.32 Å². The number of aryl methyl sites for hydroxylation is 1. The minimum atomic E-state index is 0.235. The first-order valence-electron chi connectivity index (χ1n) is 6.43. The summed E-state index contributed by atoms with van der Waals surface area (Å²) in [5, 5.41) is 16.9. The monoisotopic (exact) mass is 239 g/mol. The van der Waals surface area contributed by atoms with Crippen LogP contribution in [0, 0.1) is 5.92 Å². The van der Waals surface area contributed by atoms with Crippen molar-refractivity contribution in [1.82, 2.24) is 15.1 Å². The zero-order chi connectivity index (χ0) is 12.8. The van der Waals surface area contributed by atoms with Crippen LogP contribution in [-0.2, 0) is 7.05 Å². The molecule has 17 heavy (non-hydrogen) atoms. The molecular formula is C13H25N3O. The molecule has 0 aromatic carbocycles. The molecule has 2 atom stereocenters. The van der Waals surface area contributed by atoms with Crippen LogP contribution in [0.1, 0.15) is 45.2 Å². The summed E-state index contributed by atoms with van der Waals surface area (Å²) < 4.78 is 1.83. The van der Waals surface area contributed by atoms with Gasteiger partial charge in [-0.3, -0.25) is 4.68 Å². The van der Waals surface area contributed by atoms with Crippen molar-refractivity contribution in [2.45, 2.75) is 45.7 Å². The van der Waals surface area contributed by atoms with Gasteiger partial charge < -0.3 is 10.4 Å². The fourth-order valence-corrected chi connectivity index (χ4v) is 2.08. The van der Waals surface area contributed by atoms with E-state index < -0.39 is 0 Å². The molecule has 1 aromatic heterocycles. The fraction of sp³-hybridized carbons (Fsp3) is 0.769. The summed E-state index contributed by atoms with van der Waals surface area (Å²) in [4.78, 5) is 0. The number of hydrogen-bond donors (Lipinski definition) is 2. The Morgan fingerprint density at radius 1 is 1.47 bits per heavy atom. The van der Waals surface area contributed by atoms with Crippen molar-refractivity contribution in [3.05, 3.63) is 18.0 Å². The van der Waals surface area contributed by atoms with Gasteiger partial charge in [0.25, 0.3) is 0 Å². The lowest BCUT2D eigenvalue weighted by Gasteiger charge is -2.27. The molecule has 0 bridgehead atoms. The van der Waals surface area contributed by atoms with Gasteiger partial charge in [0.05, 0.1) is 6.20 Å². The first-order chi connectivity index (χ1) is 8.08. The predicted octanol–water partition coefficient (Wildman–Crippen LogP) is 1.87. The van der Waals surface area contributed by atoms with Gasteiger partial charge in [0.1, 0.15) is 0 Å². The number of nitrogens with zero attached hydrogens (tertiary/aromatic N) is 2. The number of hydrogen-bond acceptors (Lipinski definition) is 3. The molecule has 0 saturated heterocycles. The summed E-state index contributed by atoms with van der Waals surface area (Å²) in [6.07, 6.45) is 5.80. The second-order valence-corrected chi connectivity index (χ2v) is 4.94. The van der Waals surface area contributed by atoms with Crippen molar-refractivity contribution in [2.24, 2.45) is 13.0 Å². The molecule has 0 saturated carbocycles. The van der Waals surface area contributed by atoms with E-state index in [-0.39, 0.29) is 6.61 Å². The van der Waals surface area contributed by atoms with E-state index in [1.807, 2.05) is 17.9 Å². The molecule has 1 rings (SSSR count). The maximum atomic E-state index is 9.09. The summed E-state index contributed by atoms with van der Waals surface area (Å²) in [5.41, 5.74) is 1.22. The van der Waals surface area contributed by atoms with E-state index in [4.69, 9.17) is 5.11 Å². The average Bonchev–Trinajstić information content (AvgIpc) is 2.70. The zero-order valence-corrected chi connectivity index (χ0v) is 11.3. The Bertz CT molecular complexity index is 322. The lowest BCUT2D eigenvalue weighted by atomic mass is 9.98. The van der Waals surface area contributed by atoms with Gasteiger partial charge in [-0.1, -0.05) is 20.8 Å². The fourth-order valence-electron chi connectivity index (χ4n) is 2.08. The quantitative estimate of drug-likeness (QED) is 0.763. The number of aliphatic hydroxyl groups excluding tert-OH is 1. The van der Waals surface area contributed by atoms with Crippen LogP contribution in [0.15, 0.2) is 12.4 Å². The van der Waals surface area contributed by atoms with Crippen LogP contribution in [0.25, 0.3) is 0 Å². The average molecular weight is 239 g/mol. The van der Waals surface area contributed by atoms with Crippen LogP contribution in [0.5, 0.6) is 0 Å². The Balaban J connectivity index is 2.67. The lowest BCUT2D eigenvalue weighted by molar-refractivity contribution is 0.233. The van der Waals surface area contributed by atoms with Crippen molar-refractivity contribution in [2.75, 3.05) is 6.61 Å². The zero-order valence-electron chi connectivity index (χ0n) is 11.3. The molecule has 4 heteroatoms. The van der Waals surface area contributed by atoms with Crippen molar-refractivity contribution >= 4 is 0 Å². The third-order valence-electron chi connectivity index (χ3n) is 3.20. The SMILES string of the molecule is CCC(NC(CCO)C(C)C)c1cnn(C)c1. The van der Waals surface area contributed by atoms with Crippen molar-refractivity contribution in [1.29, 1.82) is 0 Å². The Hall–Kier alpha value is -0.870. The van der Waals surface area contributed by atoms with Gasteiger partial charge in [0.2, 0.25) is 0 Å². The first kappa shape index (κ1) is 14.2. The van der Waals surface area contributed by atoms with Crippen LogP contribution in [0.2, 0.25) is 0 Å². The van der Waals surface area contributed by atoms with E-state index in [0.29, 0.717) is 18.0 Å². The molecule has 1 aromatic rings. The van der Waals surface area contributed by atoms with Gasteiger partial charge in [0, 0.05) is 37.5 Å². The molecule has 0 radical (unpaired) electrons. The minimum absolute atomic E-state index is 0.235. The highest BCUT2D eigenvalue weighted by Gasteiger charge is 2.18. The Labute approximate surface area is 104 Å². The molecule has 1 heterocycles. The first-order valence-corrected chi connectivity index (χ1v) is 6.43. The second kappa shape index (κ2) is 6.77. The van der Waals surface area contributed by atoms with E-state index in [9.17, 15) is 0 Å². The number of aliphatic hydroxyl groups is 1. The number of rotatable bonds is 7. The van der Waals surface area contributed by atoms with Crippen molar-refractivity contribution in [3.63, 3.8) is 0 Å². The molecule has 0 aliphatic rings. The van der Waals surface area contributed by atoms with Gasteiger partial charge >= 0.3 is 0 Å². The van der Waals surface area contributed by atoms with E-state index in [1.165, 1.54) is 5.56 Å². The molecule has 98 valence electrons. The Morgan fingerprint density at radius 3 is 2.59 bits per heavy atom. The maximum Gasteiger partial charge on any atom is 0.0537 e. The summed E-state index contributed by atoms with van der Waals surface area (Å²) >= 11 is 0. The van der Waals surface area contributed by atoms with Crippen LogP contribution in [0.3, 0.4) is 0 Å². The molecule has 2 unspecified atom stereocenters. The molecule has 0 spiro atoms. The van der Waals surface area contributed by atoms with Crippen LogP contribution in [0.4, 0.5) is 0 Å². The highest BCUT2D eigenvalue weighted by atomic mass is 16.3. The molecule has 0 aliphatic carbocycles. The third-order valence-corrected chi connectivity index (χ3v) is 3.20. The molecular weight excluding hydrogens is 214 g/mol. The van der Waals surface area contributed by atoms with Gasteiger partial charge in [-0.25, -0.2) is 0 Å². The van der Waals surface area contributed by atoms with Gasteiger partial charge in [-0.2, -0.15) is 5.10 Å². The summed E-state index contributed by atoms with van der Waals surface area (Å²) in [5.74, 6) is 0.521. The highest BCUT2D eigenvalue weighted by molar-refractivity contribution is 5.10. The minimum Gasteiger partial charge on any atom is -0.396 e. The topological polar surface area (TPSA) is 50.1 Å². The third kappa shape index (κ3) is 4.13. The van der Waals surface area contributed by atoms with Gasteiger partial charge in [-0.05, 0) is 18.8 Å². The predicted molar refractivity (Wildman–Crippen MR) is 69.7 cm³/mol. The number of nitrogens with one attached hydrogen (secondary N) is 1. The van der Waals surface area contributed by atoms with Gasteiger partial charge in [-0.15, -0.1) is 0 Å². The van der Waals surface area contributed by atoms with Crippen molar-refractivity contribution in [3.8, 4) is 0 Å². The van der Waals surface area contributed by atoms with Crippen molar-refractivity contribution < 1.29 is 5.11 Å². The number of aromatic nitrogens is 2. The van der Waals surface area contributed by atoms with Gasteiger partial charge in [0.15, 0.2) is 0 Å². The molecule has 0 fully saturated rings. The largest absolute Gasteiger partial charge is 0.396 e. The van der Waals surface area contributed by atoms with E-state index >= 15 is 0 Å². The van der Waals surface area contributed by atoms with E-state index in [2.05, 4.69) is 37.4 Å². The van der Waals surface area contributed by atoms with E-state index in [1.54, 1.807) is 0 Å². The molecule has 0 amide bonds. The molecule has 4 nitrogen and oxygen atoms in total. The van der Waals surface area contributed by atoms with Crippen LogP contribution in [-0.4, -0.2) is 27.5 Å². The summed E-state index contributed by atoms with van der Waals surface area (Å²) in [7, 11) is 1.93. The lowest BCUT2D eigenvalue weighted by Crippen LogP contribution is -2.37. The Kier molecular flexibility index (Phi) is 5.65. The maximum absolute atomic E-state index is 9.09. The Morgan fingerprint density at radius 2 is 2.18 bits per heavy atom. The molecule has 0 aliphatic heterocycles. The smallest absolute Gasteiger partial charge is 0.0537 e. The summed E-state index contributed by atoms with van der Waals surface area (Å²) in [6, 6.07) is 0.674. The van der Waals surface area contributed by atoms with E-state index in [0.717, 1.165) is 12.8 Å². The normalized spacial score (nSPS) is 15.2. The molecule has 2 N–H and O–H groups in total. The van der Waals surface area contributed by atoms with Crippen LogP contribution >= 0.6 is 0 Å². The standard InChI is InChI=1S/C13H25N3O/c1-5-12(11-8-14-16(4)9-11)15-13(6-7-17)10(2)3/h8-10,12-13,15,17H,5-7H2,1-4H3. The highest BCUT2D eigenvalue weighted by Crippen LogP contribution is 2.19. The summed E-state index contributed by atoms with van der Waals surface area (Å²) in [6.45, 7) is 6.77.